The van der Waals surface area contributed by atoms with Crippen molar-refractivity contribution in [3.05, 3.63) is 265 Å². The molecular formula is C56H54BO3P. The molecule has 0 saturated carbocycles. The van der Waals surface area contributed by atoms with E-state index in [0.29, 0.717) is 13.2 Å². The Kier molecular flexibility index (Phi) is 14.1. The maximum atomic E-state index is 8.01. The molecule has 0 atom stereocenters. The zero-order valence-corrected chi connectivity index (χ0v) is 35.6. The van der Waals surface area contributed by atoms with Gasteiger partial charge in [-0.05, 0) is 0 Å². The quantitative estimate of drug-likeness (QED) is 0.0436. The summed E-state index contributed by atoms with van der Waals surface area (Å²) in [6.07, 6.45) is 3.44. The summed E-state index contributed by atoms with van der Waals surface area (Å²) in [5.41, 5.74) is 5.21. The van der Waals surface area contributed by atoms with Crippen molar-refractivity contribution < 1.29 is 13.7 Å². The van der Waals surface area contributed by atoms with Gasteiger partial charge in [0.05, 0.1) is 0 Å². The molecule has 0 amide bonds. The number of benzene rings is 8. The van der Waals surface area contributed by atoms with Crippen LogP contribution in [0.25, 0.3) is 0 Å². The van der Waals surface area contributed by atoms with E-state index >= 15 is 0 Å². The normalized spacial score (nSPS) is 12.2. The second-order valence-electron chi connectivity index (χ2n) is 15.5. The van der Waals surface area contributed by atoms with E-state index in [2.05, 4.69) is 243 Å². The molecule has 0 radical (unpaired) electrons. The van der Waals surface area contributed by atoms with Gasteiger partial charge in [0.1, 0.15) is 0 Å². The van der Waals surface area contributed by atoms with Gasteiger partial charge in [-0.2, -0.15) is 0 Å². The van der Waals surface area contributed by atoms with E-state index in [9.17, 15) is 0 Å². The molecule has 5 heteroatoms. The number of hydrogen-bond acceptors (Lipinski definition) is 3. The van der Waals surface area contributed by atoms with Crippen molar-refractivity contribution in [3.63, 3.8) is 0 Å². The van der Waals surface area contributed by atoms with Gasteiger partial charge >= 0.3 is 365 Å². The van der Waals surface area contributed by atoms with Crippen LogP contribution in [0.1, 0.15) is 59.8 Å². The summed E-state index contributed by atoms with van der Waals surface area (Å²) in [5, 5.41) is 4.32. The predicted molar refractivity (Wildman–Crippen MR) is 258 cm³/mol. The van der Waals surface area contributed by atoms with Gasteiger partial charge in [0.2, 0.25) is 0 Å². The van der Waals surface area contributed by atoms with Crippen LogP contribution >= 0.6 is 6.83 Å². The molecule has 0 aliphatic rings. The molecule has 0 aliphatic heterocycles. The average Bonchev–Trinajstić information content (AvgIpc) is 3.35. The van der Waals surface area contributed by atoms with Gasteiger partial charge in [-0.25, -0.2) is 0 Å². The SMILES string of the molecule is c1ccc(C(CCCOB(OCCCC(c2ccccc2)c2ccccc2)OP(c2ccccc2)(c2ccccc2)(c2ccccc2)c2ccccc2)c2ccccc2)cc1. The number of hydrogen-bond donors (Lipinski definition) is 0. The van der Waals surface area contributed by atoms with Gasteiger partial charge in [0.25, 0.3) is 0 Å². The van der Waals surface area contributed by atoms with Crippen LogP contribution in [0.4, 0.5) is 0 Å². The van der Waals surface area contributed by atoms with E-state index in [1.54, 1.807) is 0 Å². The van der Waals surface area contributed by atoms with Crippen LogP contribution in [0.3, 0.4) is 0 Å². The first kappa shape index (κ1) is 41.9. The molecule has 0 N–H and O–H groups in total. The van der Waals surface area contributed by atoms with Gasteiger partial charge < -0.3 is 0 Å². The summed E-state index contributed by atoms with van der Waals surface area (Å²) < 4.78 is 22.0. The van der Waals surface area contributed by atoms with Crippen molar-refractivity contribution in [1.82, 2.24) is 0 Å². The molecule has 0 aromatic heterocycles. The molecule has 0 saturated heterocycles. The first-order valence-corrected chi connectivity index (χ1v) is 23.8. The van der Waals surface area contributed by atoms with Crippen molar-refractivity contribution in [2.45, 2.75) is 37.5 Å². The molecule has 0 spiro atoms. The summed E-state index contributed by atoms with van der Waals surface area (Å²) >= 11 is 0. The Hall–Kier alpha value is -5.87. The Balaban J connectivity index is 1.17. The summed E-state index contributed by atoms with van der Waals surface area (Å²) in [6.45, 7) is -3.17. The van der Waals surface area contributed by atoms with Crippen molar-refractivity contribution >= 4 is 35.4 Å². The zero-order chi connectivity index (χ0) is 41.4. The molecule has 304 valence electrons. The average molecular weight is 817 g/mol. The molecule has 8 aromatic carbocycles. The fourth-order valence-corrected chi connectivity index (χ4v) is 14.7. The van der Waals surface area contributed by atoms with Crippen molar-refractivity contribution in [2.24, 2.45) is 0 Å². The molecule has 0 aliphatic carbocycles. The van der Waals surface area contributed by atoms with Crippen molar-refractivity contribution in [2.75, 3.05) is 13.2 Å². The van der Waals surface area contributed by atoms with Gasteiger partial charge in [0, 0.05) is 0 Å². The Labute approximate surface area is 363 Å². The monoisotopic (exact) mass is 816 g/mol. The first-order valence-electron chi connectivity index (χ1n) is 21.6. The third-order valence-corrected chi connectivity index (χ3v) is 17.6. The summed E-state index contributed by atoms with van der Waals surface area (Å²) in [7, 11) is -0.989. The van der Waals surface area contributed by atoms with Crippen LogP contribution in [0.2, 0.25) is 0 Å². The summed E-state index contributed by atoms with van der Waals surface area (Å²) in [4.78, 5) is 0. The second kappa shape index (κ2) is 20.6. The van der Waals surface area contributed by atoms with Gasteiger partial charge in [-0.15, -0.1) is 0 Å². The Morgan fingerprint density at radius 2 is 0.541 bits per heavy atom. The van der Waals surface area contributed by atoms with E-state index in [0.717, 1.165) is 46.9 Å². The van der Waals surface area contributed by atoms with E-state index in [1.807, 2.05) is 0 Å². The van der Waals surface area contributed by atoms with Gasteiger partial charge in [0.15, 0.2) is 0 Å². The van der Waals surface area contributed by atoms with E-state index in [-0.39, 0.29) is 11.8 Å². The molecule has 3 nitrogen and oxygen atoms in total. The third kappa shape index (κ3) is 9.25. The fraction of sp³-hybridized carbons (Fsp3) is 0.143. The Morgan fingerprint density at radius 1 is 0.311 bits per heavy atom. The molecule has 0 heterocycles. The van der Waals surface area contributed by atoms with E-state index in [4.69, 9.17) is 13.7 Å². The van der Waals surface area contributed by atoms with Crippen LogP contribution in [0, 0.1) is 0 Å². The Morgan fingerprint density at radius 3 is 0.787 bits per heavy atom. The molecule has 0 bridgehead atoms. The molecule has 0 fully saturated rings. The van der Waals surface area contributed by atoms with E-state index < -0.39 is 14.2 Å². The fourth-order valence-electron chi connectivity index (χ4n) is 9.00. The van der Waals surface area contributed by atoms with Gasteiger partial charge in [-0.3, -0.25) is 0 Å². The maximum absolute atomic E-state index is 8.01. The second-order valence-corrected chi connectivity index (χ2v) is 19.9. The zero-order valence-electron chi connectivity index (χ0n) is 34.7. The van der Waals surface area contributed by atoms with Crippen molar-refractivity contribution in [1.29, 1.82) is 0 Å². The summed E-state index contributed by atoms with van der Waals surface area (Å²) in [5.74, 6) is 0.474. The topological polar surface area (TPSA) is 27.7 Å². The van der Waals surface area contributed by atoms with Crippen LogP contribution in [-0.4, -0.2) is 20.5 Å². The summed E-state index contributed by atoms with van der Waals surface area (Å²) in [6, 6.07) is 86.2. The molecule has 8 rings (SSSR count). The Bertz CT molecular complexity index is 2120. The van der Waals surface area contributed by atoms with Crippen LogP contribution in [-0.2, 0) is 13.7 Å². The molecule has 61 heavy (non-hydrogen) atoms. The van der Waals surface area contributed by atoms with Crippen LogP contribution < -0.4 is 21.2 Å². The van der Waals surface area contributed by atoms with Gasteiger partial charge in [-0.1, -0.05) is 0 Å². The van der Waals surface area contributed by atoms with Crippen LogP contribution in [0.5, 0.6) is 0 Å². The minimum absolute atomic E-state index is 0.237. The van der Waals surface area contributed by atoms with Crippen LogP contribution in [0.15, 0.2) is 243 Å². The number of rotatable bonds is 20. The minimum atomic E-state index is -4.08. The molecular weight excluding hydrogens is 762 g/mol. The third-order valence-electron chi connectivity index (χ3n) is 11.9. The molecule has 8 aromatic rings. The standard InChI is InChI=1S/C56H54BO3P/c1-9-27-47(28-10-1)55(48-29-11-2-12-30-48)43-25-45-58-57(59-46-26-44-56(49-31-13-3-14-32-49)50-33-15-4-16-34-50)60-61(51-35-17-5-18-36-51,52-37-19-6-20-38-52,53-39-21-7-22-40-53)54-41-23-8-24-42-54/h1-24,27-42,55-56H,25-26,43-46H2. The van der Waals surface area contributed by atoms with E-state index in [1.165, 1.54) is 22.3 Å². The first-order chi connectivity index (χ1) is 30.3. The molecule has 0 unspecified atom stereocenters. The predicted octanol–water partition coefficient (Wildman–Crippen LogP) is 12.0. The van der Waals surface area contributed by atoms with Crippen molar-refractivity contribution in [3.8, 4) is 0 Å².